The van der Waals surface area contributed by atoms with Crippen LogP contribution in [-0.4, -0.2) is 68.9 Å². The van der Waals surface area contributed by atoms with E-state index in [4.69, 9.17) is 0 Å². The summed E-state index contributed by atoms with van der Waals surface area (Å²) in [6.07, 6.45) is 8.29. The molecule has 1 saturated carbocycles. The van der Waals surface area contributed by atoms with Crippen LogP contribution in [-0.2, 0) is 11.2 Å². The lowest BCUT2D eigenvalue weighted by Crippen LogP contribution is -2.50. The SMILES string of the molecule is Cc1[nH]n(C2CCN(CC3CN(C4(CC(=O)O)CCCCC4)CC3c3ccccc3)CC2)c(=O)c1Cc1ccccc1. The molecule has 1 aliphatic carbocycles. The van der Waals surface area contributed by atoms with Crippen molar-refractivity contribution in [2.45, 2.75) is 82.2 Å². The molecule has 2 atom stereocenters. The van der Waals surface area contributed by atoms with E-state index in [1.807, 2.05) is 29.8 Å². The molecule has 2 unspecified atom stereocenters. The average Bonchev–Trinajstić information content (AvgIpc) is 3.56. The van der Waals surface area contributed by atoms with Crippen molar-refractivity contribution in [2.75, 3.05) is 32.7 Å². The van der Waals surface area contributed by atoms with Crippen molar-refractivity contribution >= 4 is 5.97 Å². The highest BCUT2D eigenvalue weighted by Gasteiger charge is 2.46. The predicted octanol–water partition coefficient (Wildman–Crippen LogP) is 5.61. The topological polar surface area (TPSA) is 81.6 Å². The Bertz CT molecular complexity index is 1380. The molecule has 7 heteroatoms. The Labute approximate surface area is 249 Å². The monoisotopic (exact) mass is 570 g/mol. The van der Waals surface area contributed by atoms with Crippen molar-refractivity contribution in [3.05, 3.63) is 93.4 Å². The highest BCUT2D eigenvalue weighted by molar-refractivity contribution is 5.68. The predicted molar refractivity (Wildman–Crippen MR) is 166 cm³/mol. The molecule has 2 N–H and O–H groups in total. The number of H-pyrrole nitrogens is 1. The summed E-state index contributed by atoms with van der Waals surface area (Å²) in [6, 6.07) is 21.3. The molecule has 0 amide bonds. The van der Waals surface area contributed by atoms with Gasteiger partial charge in [0.05, 0.1) is 12.5 Å². The average molecular weight is 571 g/mol. The molecule has 3 heterocycles. The summed E-state index contributed by atoms with van der Waals surface area (Å²) >= 11 is 0. The van der Waals surface area contributed by atoms with E-state index in [0.717, 1.165) is 88.1 Å². The van der Waals surface area contributed by atoms with E-state index in [1.54, 1.807) is 0 Å². The Morgan fingerprint density at radius 2 is 1.62 bits per heavy atom. The zero-order chi connectivity index (χ0) is 29.1. The van der Waals surface area contributed by atoms with E-state index in [-0.39, 0.29) is 23.6 Å². The number of nitrogens with zero attached hydrogens (tertiary/aromatic N) is 3. The minimum atomic E-state index is -0.666. The summed E-state index contributed by atoms with van der Waals surface area (Å²) < 4.78 is 1.90. The molecule has 0 radical (unpaired) electrons. The van der Waals surface area contributed by atoms with Gasteiger partial charge in [0.15, 0.2) is 0 Å². The molecular weight excluding hydrogens is 524 g/mol. The first-order chi connectivity index (χ1) is 20.4. The maximum Gasteiger partial charge on any atom is 0.305 e. The maximum atomic E-state index is 13.4. The number of aromatic nitrogens is 2. The first-order valence-electron chi connectivity index (χ1n) is 16.0. The molecule has 0 spiro atoms. The van der Waals surface area contributed by atoms with E-state index in [0.29, 0.717) is 18.3 Å². The van der Waals surface area contributed by atoms with E-state index in [2.05, 4.69) is 57.4 Å². The summed E-state index contributed by atoms with van der Waals surface area (Å²) in [5.41, 5.74) is 4.31. The standard InChI is InChI=1S/C35H46N4O3/c1-26-31(21-27-11-5-2-6-12-27)34(42)39(36-26)30-15-19-37(20-16-30)23-29-24-38(25-32(29)28-13-7-3-8-14-28)35(22-33(40)41)17-9-4-10-18-35/h2-3,5-8,11-14,29-30,32,36H,4,9-10,15-25H2,1H3,(H,40,41). The molecule has 7 nitrogen and oxygen atoms in total. The normalized spacial score (nSPS) is 23.7. The highest BCUT2D eigenvalue weighted by Crippen LogP contribution is 2.44. The molecule has 1 aromatic heterocycles. The number of aliphatic carboxylic acids is 1. The second-order valence-corrected chi connectivity index (χ2v) is 13.1. The van der Waals surface area contributed by atoms with Gasteiger partial charge in [-0.2, -0.15) is 0 Å². The van der Waals surface area contributed by atoms with Crippen LogP contribution in [0.2, 0.25) is 0 Å². The van der Waals surface area contributed by atoms with E-state index < -0.39 is 5.97 Å². The number of aryl methyl sites for hydroxylation is 1. The quantitative estimate of drug-likeness (QED) is 0.350. The second kappa shape index (κ2) is 12.6. The van der Waals surface area contributed by atoms with E-state index >= 15 is 0 Å². The summed E-state index contributed by atoms with van der Waals surface area (Å²) in [6.45, 7) is 6.89. The lowest BCUT2D eigenvalue weighted by Gasteiger charge is -2.44. The van der Waals surface area contributed by atoms with Gasteiger partial charge in [0.1, 0.15) is 0 Å². The Balaban J connectivity index is 1.14. The first-order valence-corrected chi connectivity index (χ1v) is 16.0. The van der Waals surface area contributed by atoms with Crippen LogP contribution in [0.25, 0.3) is 0 Å². The lowest BCUT2D eigenvalue weighted by molar-refractivity contribution is -0.141. The molecule has 3 aromatic rings. The molecule has 3 fully saturated rings. The number of hydrogen-bond donors (Lipinski definition) is 2. The third-order valence-electron chi connectivity index (χ3n) is 10.5. The fourth-order valence-electron chi connectivity index (χ4n) is 8.18. The Morgan fingerprint density at radius 3 is 2.29 bits per heavy atom. The van der Waals surface area contributed by atoms with Crippen LogP contribution in [0.4, 0.5) is 0 Å². The van der Waals surface area contributed by atoms with Crippen LogP contribution in [0, 0.1) is 12.8 Å². The van der Waals surface area contributed by atoms with Crippen LogP contribution in [0.15, 0.2) is 65.5 Å². The molecule has 42 heavy (non-hydrogen) atoms. The van der Waals surface area contributed by atoms with Crippen molar-refractivity contribution in [1.82, 2.24) is 19.6 Å². The molecule has 6 rings (SSSR count). The summed E-state index contributed by atoms with van der Waals surface area (Å²) in [5.74, 6) is 0.204. The number of aromatic amines is 1. The van der Waals surface area contributed by atoms with Gasteiger partial charge in [-0.25, -0.2) is 4.68 Å². The van der Waals surface area contributed by atoms with Crippen LogP contribution < -0.4 is 5.56 Å². The fourth-order valence-corrected chi connectivity index (χ4v) is 8.18. The van der Waals surface area contributed by atoms with E-state index in [1.165, 1.54) is 12.0 Å². The maximum absolute atomic E-state index is 13.4. The molecule has 224 valence electrons. The minimum absolute atomic E-state index is 0.126. The van der Waals surface area contributed by atoms with Crippen molar-refractivity contribution in [3.8, 4) is 0 Å². The number of carbonyl (C=O) groups is 1. The van der Waals surface area contributed by atoms with Crippen LogP contribution in [0.5, 0.6) is 0 Å². The molecular formula is C35H46N4O3. The number of carboxylic acid groups (broad SMARTS) is 1. The number of likely N-dealkylation sites (tertiary alicyclic amines) is 2. The third-order valence-corrected chi connectivity index (χ3v) is 10.5. The zero-order valence-electron chi connectivity index (χ0n) is 25.0. The highest BCUT2D eigenvalue weighted by atomic mass is 16.4. The van der Waals surface area contributed by atoms with Crippen LogP contribution in [0.3, 0.4) is 0 Å². The van der Waals surface area contributed by atoms with Gasteiger partial charge in [-0.15, -0.1) is 0 Å². The van der Waals surface area contributed by atoms with Crippen molar-refractivity contribution < 1.29 is 9.90 Å². The number of carboxylic acids is 1. The van der Waals surface area contributed by atoms with Gasteiger partial charge in [0, 0.05) is 61.9 Å². The van der Waals surface area contributed by atoms with Crippen molar-refractivity contribution in [1.29, 1.82) is 0 Å². The van der Waals surface area contributed by atoms with Gasteiger partial charge in [0.2, 0.25) is 0 Å². The molecule has 0 bridgehead atoms. The van der Waals surface area contributed by atoms with Gasteiger partial charge < -0.3 is 10.0 Å². The first kappa shape index (κ1) is 28.9. The van der Waals surface area contributed by atoms with Gasteiger partial charge in [-0.1, -0.05) is 79.9 Å². The Hall–Kier alpha value is -3.16. The van der Waals surface area contributed by atoms with Crippen molar-refractivity contribution in [2.24, 2.45) is 5.92 Å². The largest absolute Gasteiger partial charge is 0.481 e. The van der Waals surface area contributed by atoms with Gasteiger partial charge in [-0.3, -0.25) is 19.6 Å². The fraction of sp³-hybridized carbons (Fsp3) is 0.543. The Kier molecular flexibility index (Phi) is 8.68. The minimum Gasteiger partial charge on any atom is -0.481 e. The van der Waals surface area contributed by atoms with Crippen LogP contribution >= 0.6 is 0 Å². The second-order valence-electron chi connectivity index (χ2n) is 13.1. The molecule has 2 aliphatic heterocycles. The van der Waals surface area contributed by atoms with Gasteiger partial charge in [0.25, 0.3) is 5.56 Å². The number of piperidine rings is 1. The van der Waals surface area contributed by atoms with Crippen LogP contribution in [0.1, 0.15) is 85.7 Å². The van der Waals surface area contributed by atoms with Gasteiger partial charge >= 0.3 is 5.97 Å². The molecule has 2 aromatic carbocycles. The number of hydrogen-bond acceptors (Lipinski definition) is 4. The number of benzene rings is 2. The van der Waals surface area contributed by atoms with Crippen molar-refractivity contribution in [3.63, 3.8) is 0 Å². The summed E-state index contributed by atoms with van der Waals surface area (Å²) in [5, 5.41) is 13.3. The summed E-state index contributed by atoms with van der Waals surface area (Å²) in [4.78, 5) is 30.6. The molecule has 3 aliphatic rings. The lowest BCUT2D eigenvalue weighted by atomic mass is 9.78. The number of rotatable bonds is 9. The third kappa shape index (κ3) is 6.13. The Morgan fingerprint density at radius 1 is 0.952 bits per heavy atom. The zero-order valence-corrected chi connectivity index (χ0v) is 25.0. The molecule has 2 saturated heterocycles. The smallest absolute Gasteiger partial charge is 0.305 e. The summed E-state index contributed by atoms with van der Waals surface area (Å²) in [7, 11) is 0. The van der Waals surface area contributed by atoms with E-state index in [9.17, 15) is 14.7 Å². The number of nitrogens with one attached hydrogen (secondary N) is 1. The van der Waals surface area contributed by atoms with Gasteiger partial charge in [-0.05, 0) is 49.7 Å².